The van der Waals surface area contributed by atoms with Crippen LogP contribution in [0.25, 0.3) is 33.7 Å². The fourth-order valence-electron chi connectivity index (χ4n) is 6.38. The molecule has 2 heterocycles. The molecule has 0 amide bonds. The summed E-state index contributed by atoms with van der Waals surface area (Å²) in [7, 11) is 0. The summed E-state index contributed by atoms with van der Waals surface area (Å²) in [5.41, 5.74) is 7.84. The lowest BCUT2D eigenvalue weighted by atomic mass is 9.69. The smallest absolute Gasteiger partial charge is 0.101 e. The Morgan fingerprint density at radius 1 is 0.730 bits per heavy atom. The monoisotopic (exact) mass is 481 g/mol. The van der Waals surface area contributed by atoms with Crippen molar-refractivity contribution in [2.24, 2.45) is 0 Å². The van der Waals surface area contributed by atoms with Crippen molar-refractivity contribution in [1.82, 2.24) is 0 Å². The predicted octanol–water partition coefficient (Wildman–Crippen LogP) is 8.08. The van der Waals surface area contributed by atoms with Gasteiger partial charge in [-0.15, -0.1) is 0 Å². The molecule has 2 aliphatic heterocycles. The second-order valence-corrected chi connectivity index (χ2v) is 11.8. The maximum absolute atomic E-state index is 9.98. The van der Waals surface area contributed by atoms with Crippen LogP contribution in [0, 0.1) is 22.7 Å². The number of nitrogens with zero attached hydrogens (tertiary/aromatic N) is 3. The molecule has 37 heavy (non-hydrogen) atoms. The lowest BCUT2D eigenvalue weighted by Crippen LogP contribution is -2.44. The molecule has 3 nitrogen and oxygen atoms in total. The minimum absolute atomic E-state index is 0.142. The molecule has 182 valence electrons. The summed E-state index contributed by atoms with van der Waals surface area (Å²) in [4.78, 5) is 2.60. The van der Waals surface area contributed by atoms with E-state index in [0.29, 0.717) is 11.1 Å². The van der Waals surface area contributed by atoms with Crippen LogP contribution in [-0.2, 0) is 10.8 Å². The molecule has 6 rings (SSSR count). The normalized spacial score (nSPS) is 17.5. The summed E-state index contributed by atoms with van der Waals surface area (Å²) in [6.45, 7) is 11.8. The summed E-state index contributed by atoms with van der Waals surface area (Å²) in [5, 5.41) is 23.5. The first-order chi connectivity index (χ1) is 17.7. The average molecular weight is 482 g/mol. The van der Waals surface area contributed by atoms with Gasteiger partial charge in [-0.05, 0) is 68.8 Å². The molecule has 0 bridgehead atoms. The molecular weight excluding hydrogens is 450 g/mol. The van der Waals surface area contributed by atoms with Gasteiger partial charge in [-0.3, -0.25) is 0 Å². The van der Waals surface area contributed by atoms with E-state index in [1.807, 2.05) is 30.3 Å². The van der Waals surface area contributed by atoms with Crippen molar-refractivity contribution in [3.8, 4) is 12.1 Å². The molecule has 0 aliphatic carbocycles. The van der Waals surface area contributed by atoms with E-state index in [-0.39, 0.29) is 10.8 Å². The lowest BCUT2D eigenvalue weighted by Gasteiger charge is -2.48. The van der Waals surface area contributed by atoms with E-state index in [0.717, 1.165) is 40.2 Å². The van der Waals surface area contributed by atoms with E-state index < -0.39 is 0 Å². The number of fused-ring (bicyclic) bond motifs is 3. The molecule has 0 unspecified atom stereocenters. The van der Waals surface area contributed by atoms with Crippen LogP contribution in [0.5, 0.6) is 0 Å². The molecule has 0 atom stereocenters. The summed E-state index contributed by atoms with van der Waals surface area (Å²) in [6, 6.07) is 23.4. The number of hydrogen-bond acceptors (Lipinski definition) is 3. The van der Waals surface area contributed by atoms with Crippen molar-refractivity contribution in [2.75, 3.05) is 18.0 Å². The number of rotatable bonds is 2. The molecule has 0 saturated heterocycles. The summed E-state index contributed by atoms with van der Waals surface area (Å²) < 4.78 is 0. The topological polar surface area (TPSA) is 50.8 Å². The Balaban J connectivity index is 1.57. The Morgan fingerprint density at radius 3 is 1.92 bits per heavy atom. The zero-order chi connectivity index (χ0) is 25.9. The standard InChI is InChI=1S/C34H31N3/c1-33(2)14-16-37-17-15-34(3,4)30-19-22(18-29(33)32(30)37)12-13-23-8-7-11-26-28(21-36)27(20-35)24-9-5-6-10-25(24)31(23)26/h5-13,18-19H,14-17H2,1-4H3. The second-order valence-electron chi connectivity index (χ2n) is 11.8. The van der Waals surface area contributed by atoms with Gasteiger partial charge in [0.1, 0.15) is 12.1 Å². The van der Waals surface area contributed by atoms with Gasteiger partial charge >= 0.3 is 0 Å². The van der Waals surface area contributed by atoms with Gasteiger partial charge in [0.25, 0.3) is 0 Å². The van der Waals surface area contributed by atoms with E-state index >= 15 is 0 Å². The first kappa shape index (κ1) is 23.3. The van der Waals surface area contributed by atoms with Crippen LogP contribution in [0.15, 0.2) is 54.6 Å². The minimum atomic E-state index is 0.142. The van der Waals surface area contributed by atoms with Gasteiger partial charge in [0.2, 0.25) is 0 Å². The van der Waals surface area contributed by atoms with Crippen LogP contribution in [0.3, 0.4) is 0 Å². The molecule has 4 aromatic rings. The van der Waals surface area contributed by atoms with Crippen molar-refractivity contribution in [2.45, 2.75) is 51.4 Å². The SMILES string of the molecule is CC1(C)CCN2CCC(C)(C)c3cc(C=Cc4cccc5c(C#N)c(C#N)c6ccccc6c45)cc1c32. The molecule has 0 radical (unpaired) electrons. The molecule has 0 spiro atoms. The Hall–Kier alpha value is -4.08. The van der Waals surface area contributed by atoms with Crippen molar-refractivity contribution < 1.29 is 0 Å². The largest absolute Gasteiger partial charge is 0.371 e. The summed E-state index contributed by atoms with van der Waals surface area (Å²) in [5.74, 6) is 0. The highest BCUT2D eigenvalue weighted by atomic mass is 15.2. The van der Waals surface area contributed by atoms with Gasteiger partial charge in [0.15, 0.2) is 0 Å². The Kier molecular flexibility index (Phi) is 5.18. The second kappa shape index (κ2) is 8.22. The molecular formula is C34H31N3. The van der Waals surface area contributed by atoms with E-state index in [4.69, 9.17) is 0 Å². The third-order valence-corrected chi connectivity index (χ3v) is 8.68. The quantitative estimate of drug-likeness (QED) is 0.215. The van der Waals surface area contributed by atoms with Crippen molar-refractivity contribution in [3.63, 3.8) is 0 Å². The van der Waals surface area contributed by atoms with Gasteiger partial charge in [0, 0.05) is 29.5 Å². The van der Waals surface area contributed by atoms with Crippen LogP contribution in [0.1, 0.15) is 73.9 Å². The number of anilines is 1. The van der Waals surface area contributed by atoms with Crippen molar-refractivity contribution in [1.29, 1.82) is 10.5 Å². The van der Waals surface area contributed by atoms with Crippen LogP contribution < -0.4 is 4.90 Å². The molecule has 0 saturated carbocycles. The summed E-state index contributed by atoms with van der Waals surface area (Å²) >= 11 is 0. The molecule has 0 N–H and O–H groups in total. The van der Waals surface area contributed by atoms with E-state index in [1.165, 1.54) is 35.2 Å². The Labute approximate surface area is 219 Å². The van der Waals surface area contributed by atoms with E-state index in [9.17, 15) is 10.5 Å². The van der Waals surface area contributed by atoms with Crippen LogP contribution in [0.4, 0.5) is 5.69 Å². The Morgan fingerprint density at radius 2 is 1.30 bits per heavy atom. The molecule has 2 aliphatic rings. The molecule has 4 aromatic carbocycles. The average Bonchev–Trinajstić information content (AvgIpc) is 2.89. The zero-order valence-corrected chi connectivity index (χ0v) is 22.0. The predicted molar refractivity (Wildman–Crippen MR) is 154 cm³/mol. The lowest BCUT2D eigenvalue weighted by molar-refractivity contribution is 0.401. The highest BCUT2D eigenvalue weighted by Crippen LogP contribution is 2.49. The maximum Gasteiger partial charge on any atom is 0.101 e. The van der Waals surface area contributed by atoms with Crippen LogP contribution in [-0.4, -0.2) is 13.1 Å². The third-order valence-electron chi connectivity index (χ3n) is 8.68. The number of hydrogen-bond donors (Lipinski definition) is 0. The third kappa shape index (κ3) is 3.53. The van der Waals surface area contributed by atoms with Crippen LogP contribution >= 0.6 is 0 Å². The fraction of sp³-hybridized carbons (Fsp3) is 0.294. The van der Waals surface area contributed by atoms with Crippen molar-refractivity contribution >= 4 is 39.4 Å². The molecule has 0 fully saturated rings. The van der Waals surface area contributed by atoms with Gasteiger partial charge in [0.05, 0.1) is 11.1 Å². The van der Waals surface area contributed by atoms with E-state index in [2.05, 4.69) is 81.2 Å². The van der Waals surface area contributed by atoms with Crippen molar-refractivity contribution in [3.05, 3.63) is 88.0 Å². The highest BCUT2D eigenvalue weighted by Gasteiger charge is 2.39. The highest BCUT2D eigenvalue weighted by molar-refractivity contribution is 6.16. The first-order valence-electron chi connectivity index (χ1n) is 13.1. The van der Waals surface area contributed by atoms with Gasteiger partial charge in [-0.2, -0.15) is 10.5 Å². The minimum Gasteiger partial charge on any atom is -0.371 e. The first-order valence-corrected chi connectivity index (χ1v) is 13.1. The maximum atomic E-state index is 9.98. The molecule has 3 heteroatoms. The van der Waals surface area contributed by atoms with Gasteiger partial charge < -0.3 is 4.90 Å². The van der Waals surface area contributed by atoms with E-state index in [1.54, 1.807) is 0 Å². The van der Waals surface area contributed by atoms with Gasteiger partial charge in [-0.25, -0.2) is 0 Å². The summed E-state index contributed by atoms with van der Waals surface area (Å²) in [6.07, 6.45) is 6.74. The van der Waals surface area contributed by atoms with Gasteiger partial charge in [-0.1, -0.05) is 82.3 Å². The Bertz CT molecular complexity index is 1660. The van der Waals surface area contributed by atoms with Crippen LogP contribution in [0.2, 0.25) is 0 Å². The number of benzene rings is 4. The fourth-order valence-corrected chi connectivity index (χ4v) is 6.38. The zero-order valence-electron chi connectivity index (χ0n) is 22.0. The number of nitriles is 2. The molecule has 0 aromatic heterocycles.